The Bertz CT molecular complexity index is 193. The fourth-order valence-electron chi connectivity index (χ4n) is 2.35. The summed E-state index contributed by atoms with van der Waals surface area (Å²) in [5.41, 5.74) is 0. The molecule has 12 heavy (non-hydrogen) atoms. The molecule has 3 atom stereocenters. The molecule has 1 N–H and O–H groups in total. The van der Waals surface area contributed by atoms with Gasteiger partial charge >= 0.3 is 5.97 Å². The molecular weight excluding hydrogens is 154 g/mol. The lowest BCUT2D eigenvalue weighted by atomic mass is 10.0. The molecule has 1 aliphatic carbocycles. The minimum Gasteiger partial charge on any atom is -0.465 e. The zero-order valence-corrected chi connectivity index (χ0v) is 7.38. The highest BCUT2D eigenvalue weighted by Crippen LogP contribution is 2.35. The van der Waals surface area contributed by atoms with Crippen molar-refractivity contribution in [2.45, 2.75) is 38.3 Å². The number of esters is 1. The molecule has 0 aromatic carbocycles. The number of rotatable bonds is 2. The first-order valence-corrected chi connectivity index (χ1v) is 4.74. The Kier molecular flexibility index (Phi) is 2.05. The van der Waals surface area contributed by atoms with Gasteiger partial charge in [-0.15, -0.1) is 0 Å². The fourth-order valence-corrected chi connectivity index (χ4v) is 2.35. The van der Waals surface area contributed by atoms with E-state index in [9.17, 15) is 4.79 Å². The number of hydrogen-bond donors (Lipinski definition) is 1. The summed E-state index contributed by atoms with van der Waals surface area (Å²) in [7, 11) is 0. The van der Waals surface area contributed by atoms with E-state index in [4.69, 9.17) is 4.74 Å². The lowest BCUT2D eigenvalue weighted by Crippen LogP contribution is -2.42. The van der Waals surface area contributed by atoms with Gasteiger partial charge in [-0.1, -0.05) is 0 Å². The molecule has 2 fully saturated rings. The quantitative estimate of drug-likeness (QED) is 0.618. The van der Waals surface area contributed by atoms with Gasteiger partial charge in [-0.3, -0.25) is 4.79 Å². The molecule has 3 nitrogen and oxygen atoms in total. The van der Waals surface area contributed by atoms with Crippen molar-refractivity contribution in [1.82, 2.24) is 5.32 Å². The van der Waals surface area contributed by atoms with E-state index in [1.54, 1.807) is 0 Å². The molecule has 1 heterocycles. The van der Waals surface area contributed by atoms with E-state index in [0.717, 1.165) is 0 Å². The Balaban J connectivity index is 1.93. The maximum absolute atomic E-state index is 11.4. The first-order valence-electron chi connectivity index (χ1n) is 4.74. The molecular formula is C9H15NO2. The monoisotopic (exact) mass is 169 g/mol. The summed E-state index contributed by atoms with van der Waals surface area (Å²) in [6.07, 6.45) is 3.60. The number of hydrogen-bond acceptors (Lipinski definition) is 3. The lowest BCUT2D eigenvalue weighted by molar-refractivity contribution is -0.146. The van der Waals surface area contributed by atoms with Crippen LogP contribution >= 0.6 is 0 Å². The van der Waals surface area contributed by atoms with Crippen molar-refractivity contribution in [2.75, 3.05) is 6.61 Å². The van der Waals surface area contributed by atoms with Crippen molar-refractivity contribution in [3.8, 4) is 0 Å². The highest BCUT2D eigenvalue weighted by atomic mass is 16.5. The molecule has 2 bridgehead atoms. The topological polar surface area (TPSA) is 38.3 Å². The molecule has 68 valence electrons. The summed E-state index contributed by atoms with van der Waals surface area (Å²) in [5.74, 6) is 0.499. The highest BCUT2D eigenvalue weighted by Gasteiger charge is 2.43. The van der Waals surface area contributed by atoms with Crippen LogP contribution in [-0.2, 0) is 9.53 Å². The predicted octanol–water partition coefficient (Wildman–Crippen LogP) is 0.690. The second-order valence-electron chi connectivity index (χ2n) is 3.67. The van der Waals surface area contributed by atoms with Crippen molar-refractivity contribution in [3.05, 3.63) is 0 Å². The number of nitrogens with one attached hydrogen (secondary N) is 1. The first kappa shape index (κ1) is 8.05. The summed E-state index contributed by atoms with van der Waals surface area (Å²) in [5, 5.41) is 3.30. The van der Waals surface area contributed by atoms with Gasteiger partial charge in [-0.25, -0.2) is 0 Å². The summed E-state index contributed by atoms with van der Waals surface area (Å²) >= 11 is 0. The number of fused-ring (bicyclic) bond motifs is 2. The minimum atomic E-state index is -0.0512. The highest BCUT2D eigenvalue weighted by molar-refractivity contribution is 5.76. The number of piperidine rings is 1. The molecule has 3 heteroatoms. The van der Waals surface area contributed by atoms with Crippen molar-refractivity contribution in [1.29, 1.82) is 0 Å². The summed E-state index contributed by atoms with van der Waals surface area (Å²) < 4.78 is 4.98. The molecule has 2 rings (SSSR count). The van der Waals surface area contributed by atoms with Gasteiger partial charge in [0.05, 0.1) is 6.61 Å². The standard InChI is InChI=1S/C9H15NO2/c1-2-12-9(11)8-6-3-4-7(5-6)10-8/h6-8,10H,2-5H2,1H3/t6?,7-,8?/m1/s1. The van der Waals surface area contributed by atoms with E-state index >= 15 is 0 Å². The predicted molar refractivity (Wildman–Crippen MR) is 44.7 cm³/mol. The van der Waals surface area contributed by atoms with E-state index in [1.165, 1.54) is 19.3 Å². The molecule has 0 radical (unpaired) electrons. The molecule has 0 aromatic heterocycles. The Morgan fingerprint density at radius 1 is 1.58 bits per heavy atom. The van der Waals surface area contributed by atoms with Gasteiger partial charge in [0, 0.05) is 6.04 Å². The minimum absolute atomic E-state index is 0.00343. The van der Waals surface area contributed by atoms with Crippen LogP contribution < -0.4 is 5.32 Å². The molecule has 2 unspecified atom stereocenters. The van der Waals surface area contributed by atoms with E-state index in [0.29, 0.717) is 18.6 Å². The molecule has 1 aliphatic heterocycles. The Labute approximate surface area is 72.5 Å². The van der Waals surface area contributed by atoms with Crippen LogP contribution in [0.1, 0.15) is 26.2 Å². The number of carbonyl (C=O) groups is 1. The normalized spacial score (nSPS) is 38.6. The number of ether oxygens (including phenoxy) is 1. The van der Waals surface area contributed by atoms with E-state index < -0.39 is 0 Å². The van der Waals surface area contributed by atoms with E-state index in [-0.39, 0.29) is 12.0 Å². The van der Waals surface area contributed by atoms with Gasteiger partial charge < -0.3 is 10.1 Å². The molecule has 1 saturated carbocycles. The average molecular weight is 169 g/mol. The van der Waals surface area contributed by atoms with E-state index in [1.807, 2.05) is 6.92 Å². The van der Waals surface area contributed by atoms with Crippen LogP contribution in [0.3, 0.4) is 0 Å². The fraction of sp³-hybridized carbons (Fsp3) is 0.889. The van der Waals surface area contributed by atoms with Crippen LogP contribution in [0.4, 0.5) is 0 Å². The number of carbonyl (C=O) groups excluding carboxylic acids is 1. The largest absolute Gasteiger partial charge is 0.465 e. The van der Waals surface area contributed by atoms with Crippen LogP contribution in [0.15, 0.2) is 0 Å². The third kappa shape index (κ3) is 1.22. The maximum Gasteiger partial charge on any atom is 0.323 e. The Morgan fingerprint density at radius 2 is 2.42 bits per heavy atom. The molecule has 1 saturated heterocycles. The second-order valence-corrected chi connectivity index (χ2v) is 3.67. The van der Waals surface area contributed by atoms with E-state index in [2.05, 4.69) is 5.32 Å². The van der Waals surface area contributed by atoms with Crippen molar-refractivity contribution < 1.29 is 9.53 Å². The molecule has 2 aliphatic rings. The lowest BCUT2D eigenvalue weighted by Gasteiger charge is -2.20. The maximum atomic E-state index is 11.4. The van der Waals surface area contributed by atoms with Crippen molar-refractivity contribution >= 4 is 5.97 Å². The zero-order chi connectivity index (χ0) is 8.55. The first-order chi connectivity index (χ1) is 5.81. The summed E-state index contributed by atoms with van der Waals surface area (Å²) in [6, 6.07) is 0.591. The van der Waals surface area contributed by atoms with Crippen LogP contribution in [0.5, 0.6) is 0 Å². The third-order valence-corrected chi connectivity index (χ3v) is 2.90. The Morgan fingerprint density at radius 3 is 2.92 bits per heavy atom. The van der Waals surface area contributed by atoms with Crippen molar-refractivity contribution in [3.63, 3.8) is 0 Å². The van der Waals surface area contributed by atoms with Crippen LogP contribution in [0.25, 0.3) is 0 Å². The van der Waals surface area contributed by atoms with Gasteiger partial charge in [0.1, 0.15) is 6.04 Å². The van der Waals surface area contributed by atoms with Crippen LogP contribution in [-0.4, -0.2) is 24.7 Å². The average Bonchev–Trinajstić information content (AvgIpc) is 2.64. The summed E-state index contributed by atoms with van der Waals surface area (Å²) in [6.45, 7) is 2.35. The van der Waals surface area contributed by atoms with Gasteiger partial charge in [-0.05, 0) is 32.1 Å². The SMILES string of the molecule is CCOC(=O)C1N[C@@H]2CCC1C2. The smallest absolute Gasteiger partial charge is 0.323 e. The van der Waals surface area contributed by atoms with Crippen LogP contribution in [0.2, 0.25) is 0 Å². The second kappa shape index (κ2) is 3.05. The Hall–Kier alpha value is -0.570. The van der Waals surface area contributed by atoms with Crippen molar-refractivity contribution in [2.24, 2.45) is 5.92 Å². The van der Waals surface area contributed by atoms with Gasteiger partial charge in [-0.2, -0.15) is 0 Å². The molecule has 0 aromatic rings. The summed E-state index contributed by atoms with van der Waals surface area (Å²) in [4.78, 5) is 11.4. The molecule has 0 amide bonds. The zero-order valence-electron chi connectivity index (χ0n) is 7.38. The van der Waals surface area contributed by atoms with Gasteiger partial charge in [0.2, 0.25) is 0 Å². The molecule has 0 spiro atoms. The van der Waals surface area contributed by atoms with Crippen LogP contribution in [0, 0.1) is 5.92 Å². The van der Waals surface area contributed by atoms with Gasteiger partial charge in [0.25, 0.3) is 0 Å². The van der Waals surface area contributed by atoms with Gasteiger partial charge in [0.15, 0.2) is 0 Å². The third-order valence-electron chi connectivity index (χ3n) is 2.90.